The van der Waals surface area contributed by atoms with Crippen molar-refractivity contribution in [2.45, 2.75) is 26.3 Å². The second-order valence-corrected chi connectivity index (χ2v) is 4.78. The van der Waals surface area contributed by atoms with E-state index in [4.69, 9.17) is 4.74 Å². The van der Waals surface area contributed by atoms with Gasteiger partial charge in [-0.25, -0.2) is 4.98 Å². The first-order chi connectivity index (χ1) is 9.79. The number of nitrogens with one attached hydrogen (secondary N) is 1. The molecule has 0 unspecified atom stereocenters. The van der Waals surface area contributed by atoms with E-state index in [-0.39, 0.29) is 0 Å². The van der Waals surface area contributed by atoms with E-state index in [2.05, 4.69) is 26.0 Å². The summed E-state index contributed by atoms with van der Waals surface area (Å²) < 4.78 is 7.24. The molecule has 0 aliphatic carbocycles. The minimum absolute atomic E-state index is 0.772. The lowest BCUT2D eigenvalue weighted by molar-refractivity contribution is 0.190. The summed E-state index contributed by atoms with van der Waals surface area (Å²) in [6.07, 6.45) is 7.68. The number of aromatic nitrogens is 3. The Bertz CT molecular complexity index is 510. The molecule has 0 aliphatic heterocycles. The Morgan fingerprint density at radius 1 is 1.30 bits per heavy atom. The lowest BCUT2D eigenvalue weighted by atomic mass is 10.2. The second kappa shape index (κ2) is 7.65. The van der Waals surface area contributed by atoms with Crippen molar-refractivity contribution in [2.75, 3.05) is 25.6 Å². The lowest BCUT2D eigenvalue weighted by Crippen LogP contribution is -2.11. The van der Waals surface area contributed by atoms with Gasteiger partial charge in [0.1, 0.15) is 0 Å². The molecule has 0 fully saturated rings. The smallest absolute Gasteiger partial charge is 0.203 e. The molecule has 108 valence electrons. The van der Waals surface area contributed by atoms with Crippen LogP contribution in [0.15, 0.2) is 30.7 Å². The number of rotatable bonds is 8. The van der Waals surface area contributed by atoms with Crippen molar-refractivity contribution in [3.8, 4) is 0 Å². The van der Waals surface area contributed by atoms with E-state index >= 15 is 0 Å². The zero-order chi connectivity index (χ0) is 14.2. The van der Waals surface area contributed by atoms with Crippen LogP contribution in [0, 0.1) is 6.92 Å². The van der Waals surface area contributed by atoms with Crippen LogP contribution in [0.1, 0.15) is 17.7 Å². The summed E-state index contributed by atoms with van der Waals surface area (Å²) in [5.74, 6) is 0.938. The van der Waals surface area contributed by atoms with Crippen LogP contribution in [0.5, 0.6) is 0 Å². The van der Waals surface area contributed by atoms with Gasteiger partial charge in [-0.15, -0.1) is 0 Å². The summed E-state index contributed by atoms with van der Waals surface area (Å²) >= 11 is 0. The number of nitrogens with zero attached hydrogens (tertiary/aromatic N) is 3. The first kappa shape index (κ1) is 14.5. The molecule has 0 aromatic carbocycles. The van der Waals surface area contributed by atoms with E-state index in [0.29, 0.717) is 0 Å². The van der Waals surface area contributed by atoms with E-state index in [9.17, 15) is 0 Å². The fourth-order valence-corrected chi connectivity index (χ4v) is 2.11. The van der Waals surface area contributed by atoms with Crippen LogP contribution >= 0.6 is 0 Å². The van der Waals surface area contributed by atoms with Crippen LogP contribution in [0.3, 0.4) is 0 Å². The topological polar surface area (TPSA) is 52.0 Å². The largest absolute Gasteiger partial charge is 0.385 e. The molecule has 5 heteroatoms. The number of hydrogen-bond acceptors (Lipinski definition) is 4. The van der Waals surface area contributed by atoms with Gasteiger partial charge in [0.05, 0.1) is 5.69 Å². The molecule has 20 heavy (non-hydrogen) atoms. The van der Waals surface area contributed by atoms with Crippen LogP contribution < -0.4 is 5.32 Å². The molecule has 2 aromatic heterocycles. The van der Waals surface area contributed by atoms with Gasteiger partial charge in [-0.1, -0.05) is 0 Å². The Balaban J connectivity index is 1.85. The first-order valence-corrected chi connectivity index (χ1v) is 6.95. The highest BCUT2D eigenvalue weighted by molar-refractivity contribution is 5.29. The molecule has 0 radical (unpaired) electrons. The SMILES string of the molecule is COCCCn1cc(C)nc1NCCc1ccncc1. The van der Waals surface area contributed by atoms with Gasteiger partial charge < -0.3 is 14.6 Å². The van der Waals surface area contributed by atoms with E-state index in [0.717, 1.165) is 44.2 Å². The molecule has 2 aromatic rings. The van der Waals surface area contributed by atoms with Gasteiger partial charge in [0.15, 0.2) is 0 Å². The standard InChI is InChI=1S/C15H22N4O/c1-13-12-19(10-3-11-20-2)15(18-13)17-9-6-14-4-7-16-8-5-14/h4-5,7-8,12H,3,6,9-11H2,1-2H3,(H,17,18). The number of pyridine rings is 1. The fourth-order valence-electron chi connectivity index (χ4n) is 2.11. The van der Waals surface area contributed by atoms with E-state index in [1.807, 2.05) is 31.5 Å². The highest BCUT2D eigenvalue weighted by atomic mass is 16.5. The average Bonchev–Trinajstić information content (AvgIpc) is 2.81. The molecular weight excluding hydrogens is 252 g/mol. The first-order valence-electron chi connectivity index (χ1n) is 6.95. The molecule has 0 spiro atoms. The summed E-state index contributed by atoms with van der Waals surface area (Å²) in [6.45, 7) is 4.57. The molecule has 0 saturated heterocycles. The molecule has 0 aliphatic rings. The monoisotopic (exact) mass is 274 g/mol. The van der Waals surface area contributed by atoms with Crippen molar-refractivity contribution >= 4 is 5.95 Å². The van der Waals surface area contributed by atoms with Gasteiger partial charge in [0, 0.05) is 45.4 Å². The number of ether oxygens (including phenoxy) is 1. The van der Waals surface area contributed by atoms with Gasteiger partial charge in [0.25, 0.3) is 0 Å². The molecule has 0 saturated carbocycles. The van der Waals surface area contributed by atoms with Crippen molar-refractivity contribution in [3.63, 3.8) is 0 Å². The molecule has 1 N–H and O–H groups in total. The maximum atomic E-state index is 5.09. The van der Waals surface area contributed by atoms with Crippen LogP contribution in [0.4, 0.5) is 5.95 Å². The third-order valence-corrected chi connectivity index (χ3v) is 3.09. The van der Waals surface area contributed by atoms with Crippen LogP contribution in [0.2, 0.25) is 0 Å². The Kier molecular flexibility index (Phi) is 5.55. The second-order valence-electron chi connectivity index (χ2n) is 4.78. The van der Waals surface area contributed by atoms with Crippen LogP contribution in [-0.2, 0) is 17.7 Å². The van der Waals surface area contributed by atoms with Crippen molar-refractivity contribution in [3.05, 3.63) is 42.0 Å². The predicted molar refractivity (Wildman–Crippen MR) is 79.9 cm³/mol. The number of imidazole rings is 1. The van der Waals surface area contributed by atoms with E-state index in [1.165, 1.54) is 5.56 Å². The Morgan fingerprint density at radius 3 is 2.85 bits per heavy atom. The average molecular weight is 274 g/mol. The third kappa shape index (κ3) is 4.35. The van der Waals surface area contributed by atoms with Gasteiger partial charge >= 0.3 is 0 Å². The number of aryl methyl sites for hydroxylation is 2. The third-order valence-electron chi connectivity index (χ3n) is 3.09. The minimum atomic E-state index is 0.772. The predicted octanol–water partition coefficient (Wildman–Crippen LogP) is 2.28. The van der Waals surface area contributed by atoms with E-state index < -0.39 is 0 Å². The van der Waals surface area contributed by atoms with Gasteiger partial charge in [-0.05, 0) is 37.5 Å². The molecule has 5 nitrogen and oxygen atoms in total. The zero-order valence-electron chi connectivity index (χ0n) is 12.2. The normalized spacial score (nSPS) is 10.7. The number of anilines is 1. The summed E-state index contributed by atoms with van der Waals surface area (Å²) in [4.78, 5) is 8.54. The van der Waals surface area contributed by atoms with Crippen molar-refractivity contribution in [1.82, 2.24) is 14.5 Å². The zero-order valence-corrected chi connectivity index (χ0v) is 12.2. The van der Waals surface area contributed by atoms with Crippen molar-refractivity contribution in [1.29, 1.82) is 0 Å². The maximum Gasteiger partial charge on any atom is 0.203 e. The molecular formula is C15H22N4O. The number of methoxy groups -OCH3 is 1. The molecule has 2 heterocycles. The molecule has 0 bridgehead atoms. The molecule has 0 atom stereocenters. The summed E-state index contributed by atoms with van der Waals surface area (Å²) in [5.41, 5.74) is 2.32. The highest BCUT2D eigenvalue weighted by Gasteiger charge is 2.04. The summed E-state index contributed by atoms with van der Waals surface area (Å²) in [5, 5.41) is 3.40. The van der Waals surface area contributed by atoms with Crippen molar-refractivity contribution in [2.24, 2.45) is 0 Å². The summed E-state index contributed by atoms with van der Waals surface area (Å²) in [7, 11) is 1.73. The summed E-state index contributed by atoms with van der Waals surface area (Å²) in [6, 6.07) is 4.08. The Hall–Kier alpha value is -1.88. The quantitative estimate of drug-likeness (QED) is 0.750. The van der Waals surface area contributed by atoms with E-state index in [1.54, 1.807) is 7.11 Å². The van der Waals surface area contributed by atoms with Gasteiger partial charge in [-0.3, -0.25) is 4.98 Å². The molecule has 0 amide bonds. The Labute approximate surface area is 120 Å². The van der Waals surface area contributed by atoms with Gasteiger partial charge in [-0.2, -0.15) is 0 Å². The lowest BCUT2D eigenvalue weighted by Gasteiger charge is -2.09. The minimum Gasteiger partial charge on any atom is -0.385 e. The van der Waals surface area contributed by atoms with Crippen molar-refractivity contribution < 1.29 is 4.74 Å². The maximum absolute atomic E-state index is 5.09. The molecule has 2 rings (SSSR count). The van der Waals surface area contributed by atoms with Crippen LogP contribution in [-0.4, -0.2) is 34.8 Å². The Morgan fingerprint density at radius 2 is 2.10 bits per heavy atom. The highest BCUT2D eigenvalue weighted by Crippen LogP contribution is 2.09. The fraction of sp³-hybridized carbons (Fsp3) is 0.467. The van der Waals surface area contributed by atoms with Crippen LogP contribution in [0.25, 0.3) is 0 Å². The number of hydrogen-bond donors (Lipinski definition) is 1. The van der Waals surface area contributed by atoms with Gasteiger partial charge in [0.2, 0.25) is 5.95 Å².